The largest absolute Gasteiger partial charge is 0.338 e. The van der Waals surface area contributed by atoms with Gasteiger partial charge in [-0.2, -0.15) is 0 Å². The molecule has 27 heavy (non-hydrogen) atoms. The van der Waals surface area contributed by atoms with E-state index in [1.807, 2.05) is 32.0 Å². The number of amides is 2. The fourth-order valence-electron chi connectivity index (χ4n) is 3.59. The number of hydrogen-bond donors (Lipinski definition) is 2. The maximum atomic E-state index is 13.2. The lowest BCUT2D eigenvalue weighted by Gasteiger charge is -2.30. The molecule has 0 heterocycles. The van der Waals surface area contributed by atoms with Gasteiger partial charge >= 0.3 is 0 Å². The third-order valence-corrected chi connectivity index (χ3v) is 5.69. The summed E-state index contributed by atoms with van der Waals surface area (Å²) in [5.41, 5.74) is 2.15. The summed E-state index contributed by atoms with van der Waals surface area (Å²) < 4.78 is 0. The first-order valence-electron chi connectivity index (χ1n) is 8.98. The maximum absolute atomic E-state index is 13.2. The second kappa shape index (κ2) is 7.91. The minimum atomic E-state index is -0.936. The van der Waals surface area contributed by atoms with Crippen LogP contribution in [0, 0.1) is 13.8 Å². The first kappa shape index (κ1) is 19.7. The van der Waals surface area contributed by atoms with Crippen LogP contribution in [0.15, 0.2) is 36.4 Å². The van der Waals surface area contributed by atoms with Gasteiger partial charge in [0.05, 0.1) is 10.6 Å². The highest BCUT2D eigenvalue weighted by atomic mass is 35.5. The van der Waals surface area contributed by atoms with Crippen molar-refractivity contribution in [3.63, 3.8) is 0 Å². The second-order valence-corrected chi connectivity index (χ2v) is 7.93. The normalized spacial score (nSPS) is 15.4. The van der Waals surface area contributed by atoms with Gasteiger partial charge in [0.15, 0.2) is 0 Å². The Morgan fingerprint density at radius 1 is 1.00 bits per heavy atom. The number of para-hydroxylation sites is 1. The topological polar surface area (TPSA) is 58.2 Å². The molecular formula is C21H22Cl2N2O2. The summed E-state index contributed by atoms with van der Waals surface area (Å²) in [5, 5.41) is 6.71. The van der Waals surface area contributed by atoms with Crippen LogP contribution in [0.1, 0.15) is 47.2 Å². The molecule has 2 aromatic carbocycles. The predicted octanol–water partition coefficient (Wildman–Crippen LogP) is 5.29. The number of halogens is 2. The molecule has 1 aliphatic rings. The summed E-state index contributed by atoms with van der Waals surface area (Å²) in [6.45, 7) is 3.91. The molecule has 0 atom stereocenters. The number of carbonyl (C=O) groups is 2. The van der Waals surface area contributed by atoms with Gasteiger partial charge in [0.2, 0.25) is 5.91 Å². The molecule has 1 fully saturated rings. The van der Waals surface area contributed by atoms with E-state index in [1.54, 1.807) is 12.1 Å². The number of anilines is 1. The SMILES string of the molecule is Cc1cccc(C)c1NC(=O)C1(NC(=O)c2ccc(Cl)cc2Cl)CCCC1. The molecule has 1 aliphatic carbocycles. The molecule has 0 radical (unpaired) electrons. The molecule has 6 heteroatoms. The zero-order valence-corrected chi connectivity index (χ0v) is 16.9. The number of hydrogen-bond acceptors (Lipinski definition) is 2. The van der Waals surface area contributed by atoms with Crippen molar-refractivity contribution in [2.75, 3.05) is 5.32 Å². The van der Waals surface area contributed by atoms with Gasteiger partial charge in [0, 0.05) is 10.7 Å². The molecule has 0 unspecified atom stereocenters. The molecule has 3 rings (SSSR count). The molecule has 0 aromatic heterocycles. The van der Waals surface area contributed by atoms with E-state index in [-0.39, 0.29) is 16.8 Å². The summed E-state index contributed by atoms with van der Waals surface area (Å²) >= 11 is 12.1. The van der Waals surface area contributed by atoms with Crippen molar-refractivity contribution in [2.45, 2.75) is 45.1 Å². The molecule has 2 N–H and O–H groups in total. The molecule has 0 aliphatic heterocycles. The van der Waals surface area contributed by atoms with Crippen molar-refractivity contribution >= 4 is 40.7 Å². The lowest BCUT2D eigenvalue weighted by Crippen LogP contribution is -2.55. The van der Waals surface area contributed by atoms with Gasteiger partial charge in [-0.1, -0.05) is 54.2 Å². The summed E-state index contributed by atoms with van der Waals surface area (Å²) in [7, 11) is 0. The van der Waals surface area contributed by atoms with E-state index < -0.39 is 5.54 Å². The first-order chi connectivity index (χ1) is 12.8. The second-order valence-electron chi connectivity index (χ2n) is 7.09. The summed E-state index contributed by atoms with van der Waals surface area (Å²) in [6, 6.07) is 10.6. The number of nitrogens with one attached hydrogen (secondary N) is 2. The Morgan fingerprint density at radius 3 is 2.22 bits per heavy atom. The third-order valence-electron chi connectivity index (χ3n) is 5.14. The monoisotopic (exact) mass is 404 g/mol. The number of carbonyl (C=O) groups excluding carboxylic acids is 2. The highest BCUT2D eigenvalue weighted by molar-refractivity contribution is 6.36. The van der Waals surface area contributed by atoms with E-state index in [0.29, 0.717) is 23.4 Å². The Morgan fingerprint density at radius 2 is 1.63 bits per heavy atom. The van der Waals surface area contributed by atoms with Gasteiger partial charge in [-0.15, -0.1) is 0 Å². The van der Waals surface area contributed by atoms with Gasteiger partial charge in [-0.3, -0.25) is 9.59 Å². The molecule has 2 amide bonds. The van der Waals surface area contributed by atoms with Gasteiger partial charge in [-0.05, 0) is 56.0 Å². The Balaban J connectivity index is 1.85. The van der Waals surface area contributed by atoms with Crippen LogP contribution in [-0.4, -0.2) is 17.4 Å². The lowest BCUT2D eigenvalue weighted by molar-refractivity contribution is -0.122. The highest BCUT2D eigenvalue weighted by Gasteiger charge is 2.43. The Kier molecular flexibility index (Phi) is 5.78. The fourth-order valence-corrected chi connectivity index (χ4v) is 4.08. The molecule has 2 aromatic rings. The number of benzene rings is 2. The Bertz CT molecular complexity index is 869. The van der Waals surface area contributed by atoms with Crippen molar-refractivity contribution in [1.82, 2.24) is 5.32 Å². The van der Waals surface area contributed by atoms with E-state index in [0.717, 1.165) is 29.7 Å². The van der Waals surface area contributed by atoms with Gasteiger partial charge in [-0.25, -0.2) is 0 Å². The van der Waals surface area contributed by atoms with Crippen LogP contribution in [-0.2, 0) is 4.79 Å². The van der Waals surface area contributed by atoms with E-state index in [2.05, 4.69) is 10.6 Å². The number of rotatable bonds is 4. The Hall–Kier alpha value is -2.04. The summed E-state index contributed by atoms with van der Waals surface area (Å²) in [5.74, 6) is -0.550. The first-order valence-corrected chi connectivity index (χ1v) is 9.73. The molecule has 4 nitrogen and oxygen atoms in total. The fraction of sp³-hybridized carbons (Fsp3) is 0.333. The van der Waals surface area contributed by atoms with Gasteiger partial charge in [0.1, 0.15) is 5.54 Å². The van der Waals surface area contributed by atoms with Crippen LogP contribution < -0.4 is 10.6 Å². The zero-order chi connectivity index (χ0) is 19.6. The van der Waals surface area contributed by atoms with Gasteiger partial charge < -0.3 is 10.6 Å². The predicted molar refractivity (Wildman–Crippen MR) is 110 cm³/mol. The van der Waals surface area contributed by atoms with E-state index >= 15 is 0 Å². The maximum Gasteiger partial charge on any atom is 0.253 e. The highest BCUT2D eigenvalue weighted by Crippen LogP contribution is 2.33. The van der Waals surface area contributed by atoms with Crippen molar-refractivity contribution in [3.8, 4) is 0 Å². The standard InChI is InChI=1S/C21H22Cl2N2O2/c1-13-6-5-7-14(2)18(13)24-20(27)21(10-3-4-11-21)25-19(26)16-9-8-15(22)12-17(16)23/h5-9,12H,3-4,10-11H2,1-2H3,(H,24,27)(H,25,26). The van der Waals surface area contributed by atoms with E-state index in [1.165, 1.54) is 6.07 Å². The van der Waals surface area contributed by atoms with Crippen LogP contribution in [0.5, 0.6) is 0 Å². The third kappa shape index (κ3) is 4.12. The minimum absolute atomic E-state index is 0.184. The summed E-state index contributed by atoms with van der Waals surface area (Å²) in [6.07, 6.45) is 2.96. The molecular weight excluding hydrogens is 383 g/mol. The lowest BCUT2D eigenvalue weighted by atomic mass is 9.94. The van der Waals surface area contributed by atoms with Crippen LogP contribution >= 0.6 is 23.2 Å². The smallest absolute Gasteiger partial charge is 0.253 e. The quantitative estimate of drug-likeness (QED) is 0.726. The van der Waals surface area contributed by atoms with Crippen LogP contribution in [0.3, 0.4) is 0 Å². The molecule has 0 spiro atoms. The Labute approximate surface area is 169 Å². The minimum Gasteiger partial charge on any atom is -0.338 e. The van der Waals surface area contributed by atoms with Crippen molar-refractivity contribution in [1.29, 1.82) is 0 Å². The number of aryl methyl sites for hydroxylation is 2. The average molecular weight is 405 g/mol. The average Bonchev–Trinajstić information content (AvgIpc) is 3.07. The molecule has 142 valence electrons. The molecule has 1 saturated carbocycles. The van der Waals surface area contributed by atoms with Gasteiger partial charge in [0.25, 0.3) is 5.91 Å². The van der Waals surface area contributed by atoms with Crippen LogP contribution in [0.4, 0.5) is 5.69 Å². The molecule has 0 bridgehead atoms. The van der Waals surface area contributed by atoms with Crippen LogP contribution in [0.25, 0.3) is 0 Å². The van der Waals surface area contributed by atoms with Crippen molar-refractivity contribution in [3.05, 3.63) is 63.1 Å². The van der Waals surface area contributed by atoms with Crippen LogP contribution in [0.2, 0.25) is 10.0 Å². The van der Waals surface area contributed by atoms with Crippen molar-refractivity contribution < 1.29 is 9.59 Å². The van der Waals surface area contributed by atoms with E-state index in [9.17, 15) is 9.59 Å². The zero-order valence-electron chi connectivity index (χ0n) is 15.4. The molecule has 0 saturated heterocycles. The summed E-state index contributed by atoms with van der Waals surface area (Å²) in [4.78, 5) is 26.0. The van der Waals surface area contributed by atoms with E-state index in [4.69, 9.17) is 23.2 Å². The van der Waals surface area contributed by atoms with Crippen molar-refractivity contribution in [2.24, 2.45) is 0 Å².